The maximum atomic E-state index is 6.22. The second kappa shape index (κ2) is 6.42. The molecule has 0 saturated heterocycles. The van der Waals surface area contributed by atoms with Crippen molar-refractivity contribution < 1.29 is 0 Å². The minimum absolute atomic E-state index is 0.285. The zero-order chi connectivity index (χ0) is 14.6. The third-order valence-electron chi connectivity index (χ3n) is 3.47. The van der Waals surface area contributed by atoms with Crippen LogP contribution >= 0.6 is 0 Å². The van der Waals surface area contributed by atoms with Crippen molar-refractivity contribution in [1.29, 1.82) is 0 Å². The molecule has 0 saturated carbocycles. The Balaban J connectivity index is 2.53. The standard InChI is InChI=1S/C17H30N2/c1-13-7-8-16(14(2)11-13)19(6)10-9-15(18)12-17(3,4)5/h7-8,11,15H,9-10,12,18H2,1-6H3. The second-order valence-electron chi connectivity index (χ2n) is 7.03. The molecule has 2 heteroatoms. The van der Waals surface area contributed by atoms with Crippen molar-refractivity contribution in [3.05, 3.63) is 29.3 Å². The van der Waals surface area contributed by atoms with Gasteiger partial charge in [0.2, 0.25) is 0 Å². The van der Waals surface area contributed by atoms with Crippen LogP contribution in [-0.4, -0.2) is 19.6 Å². The molecule has 1 rings (SSSR count). The summed E-state index contributed by atoms with van der Waals surface area (Å²) < 4.78 is 0. The normalized spacial score (nSPS) is 13.4. The molecule has 0 aromatic heterocycles. The summed E-state index contributed by atoms with van der Waals surface area (Å²) in [5, 5.41) is 0. The summed E-state index contributed by atoms with van der Waals surface area (Å²) >= 11 is 0. The molecule has 0 aliphatic heterocycles. The topological polar surface area (TPSA) is 29.3 Å². The molecule has 0 aliphatic carbocycles. The van der Waals surface area contributed by atoms with Gasteiger partial charge in [0.05, 0.1) is 0 Å². The smallest absolute Gasteiger partial charge is 0.0393 e. The first-order valence-corrected chi connectivity index (χ1v) is 7.23. The van der Waals surface area contributed by atoms with Gasteiger partial charge < -0.3 is 10.6 Å². The molecule has 0 aliphatic rings. The van der Waals surface area contributed by atoms with E-state index in [1.165, 1.54) is 16.8 Å². The Morgan fingerprint density at radius 1 is 1.21 bits per heavy atom. The van der Waals surface area contributed by atoms with E-state index >= 15 is 0 Å². The Kier molecular flexibility index (Phi) is 5.42. The quantitative estimate of drug-likeness (QED) is 0.872. The number of hydrogen-bond acceptors (Lipinski definition) is 2. The van der Waals surface area contributed by atoms with Gasteiger partial charge in [0.25, 0.3) is 0 Å². The van der Waals surface area contributed by atoms with Crippen molar-refractivity contribution in [2.45, 2.75) is 53.5 Å². The van der Waals surface area contributed by atoms with Crippen LogP contribution in [0.4, 0.5) is 5.69 Å². The van der Waals surface area contributed by atoms with Gasteiger partial charge in [-0.2, -0.15) is 0 Å². The Bertz CT molecular complexity index is 404. The van der Waals surface area contributed by atoms with Gasteiger partial charge in [0.1, 0.15) is 0 Å². The third kappa shape index (κ3) is 5.65. The summed E-state index contributed by atoms with van der Waals surface area (Å²) in [5.74, 6) is 0. The summed E-state index contributed by atoms with van der Waals surface area (Å²) in [7, 11) is 2.15. The number of nitrogens with zero attached hydrogens (tertiary/aromatic N) is 1. The number of aryl methyl sites for hydroxylation is 2. The zero-order valence-electron chi connectivity index (χ0n) is 13.5. The Morgan fingerprint density at radius 3 is 2.37 bits per heavy atom. The van der Waals surface area contributed by atoms with E-state index in [0.717, 1.165) is 19.4 Å². The highest BCUT2D eigenvalue weighted by molar-refractivity contribution is 5.53. The lowest BCUT2D eigenvalue weighted by molar-refractivity contribution is 0.332. The van der Waals surface area contributed by atoms with Crippen molar-refractivity contribution in [3.63, 3.8) is 0 Å². The van der Waals surface area contributed by atoms with Crippen LogP contribution in [-0.2, 0) is 0 Å². The van der Waals surface area contributed by atoms with Crippen LogP contribution in [0, 0.1) is 19.3 Å². The molecule has 0 heterocycles. The van der Waals surface area contributed by atoms with E-state index in [1.807, 2.05) is 0 Å². The number of benzene rings is 1. The van der Waals surface area contributed by atoms with E-state index in [0.29, 0.717) is 5.41 Å². The van der Waals surface area contributed by atoms with Gasteiger partial charge in [-0.25, -0.2) is 0 Å². The van der Waals surface area contributed by atoms with E-state index in [4.69, 9.17) is 5.73 Å². The van der Waals surface area contributed by atoms with Crippen molar-refractivity contribution >= 4 is 5.69 Å². The van der Waals surface area contributed by atoms with E-state index < -0.39 is 0 Å². The molecule has 0 bridgehead atoms. The molecular weight excluding hydrogens is 232 g/mol. The predicted molar refractivity (Wildman–Crippen MR) is 85.9 cm³/mol. The van der Waals surface area contributed by atoms with Gasteiger partial charge in [-0.05, 0) is 43.7 Å². The molecule has 19 heavy (non-hydrogen) atoms. The number of anilines is 1. The summed E-state index contributed by atoms with van der Waals surface area (Å²) in [4.78, 5) is 2.32. The van der Waals surface area contributed by atoms with Crippen molar-refractivity contribution in [2.24, 2.45) is 11.1 Å². The predicted octanol–water partition coefficient (Wildman–Crippen LogP) is 3.89. The number of nitrogens with two attached hydrogens (primary N) is 1. The molecule has 108 valence electrons. The Morgan fingerprint density at radius 2 is 1.84 bits per heavy atom. The lowest BCUT2D eigenvalue weighted by atomic mass is 9.87. The second-order valence-corrected chi connectivity index (χ2v) is 7.03. The molecule has 2 N–H and O–H groups in total. The van der Waals surface area contributed by atoms with Crippen LogP contribution in [0.1, 0.15) is 44.7 Å². The van der Waals surface area contributed by atoms with Gasteiger partial charge in [-0.3, -0.25) is 0 Å². The van der Waals surface area contributed by atoms with Crippen LogP contribution in [0.5, 0.6) is 0 Å². The molecule has 0 radical (unpaired) electrons. The van der Waals surface area contributed by atoms with Crippen molar-refractivity contribution in [2.75, 3.05) is 18.5 Å². The summed E-state index contributed by atoms with van der Waals surface area (Å²) in [6, 6.07) is 6.91. The van der Waals surface area contributed by atoms with E-state index in [-0.39, 0.29) is 6.04 Å². The highest BCUT2D eigenvalue weighted by atomic mass is 15.1. The Hall–Kier alpha value is -1.02. The first-order chi connectivity index (χ1) is 8.69. The van der Waals surface area contributed by atoms with Gasteiger partial charge in [-0.15, -0.1) is 0 Å². The van der Waals surface area contributed by atoms with Gasteiger partial charge in [-0.1, -0.05) is 38.5 Å². The molecular formula is C17H30N2. The maximum Gasteiger partial charge on any atom is 0.0393 e. The minimum Gasteiger partial charge on any atom is -0.374 e. The van der Waals surface area contributed by atoms with Crippen LogP contribution in [0.2, 0.25) is 0 Å². The molecule has 0 fully saturated rings. The number of rotatable bonds is 5. The monoisotopic (exact) mass is 262 g/mol. The molecule has 0 amide bonds. The first kappa shape index (κ1) is 16.0. The van der Waals surface area contributed by atoms with Crippen LogP contribution in [0.3, 0.4) is 0 Å². The van der Waals surface area contributed by atoms with E-state index in [9.17, 15) is 0 Å². The van der Waals surface area contributed by atoms with Gasteiger partial charge >= 0.3 is 0 Å². The lowest BCUT2D eigenvalue weighted by Crippen LogP contribution is -2.31. The Labute approximate surface area is 119 Å². The molecule has 1 aromatic rings. The SMILES string of the molecule is Cc1ccc(N(C)CCC(N)CC(C)(C)C)c(C)c1. The van der Waals surface area contributed by atoms with E-state index in [1.54, 1.807) is 0 Å². The molecule has 1 unspecified atom stereocenters. The fourth-order valence-corrected chi connectivity index (χ4v) is 2.60. The summed E-state index contributed by atoms with van der Waals surface area (Å²) in [6.07, 6.45) is 2.12. The van der Waals surface area contributed by atoms with Gasteiger partial charge in [0.15, 0.2) is 0 Å². The summed E-state index contributed by atoms with van der Waals surface area (Å²) in [5.41, 5.74) is 10.5. The highest BCUT2D eigenvalue weighted by Crippen LogP contribution is 2.23. The minimum atomic E-state index is 0.285. The fraction of sp³-hybridized carbons (Fsp3) is 0.647. The van der Waals surface area contributed by atoms with Crippen molar-refractivity contribution in [1.82, 2.24) is 0 Å². The zero-order valence-corrected chi connectivity index (χ0v) is 13.5. The van der Waals surface area contributed by atoms with Gasteiger partial charge in [0, 0.05) is 25.3 Å². The average Bonchev–Trinajstić information content (AvgIpc) is 2.23. The molecule has 1 atom stereocenters. The average molecular weight is 262 g/mol. The fourth-order valence-electron chi connectivity index (χ4n) is 2.60. The molecule has 1 aromatic carbocycles. The molecule has 2 nitrogen and oxygen atoms in total. The first-order valence-electron chi connectivity index (χ1n) is 7.23. The lowest BCUT2D eigenvalue weighted by Gasteiger charge is -2.26. The van der Waals surface area contributed by atoms with Crippen LogP contribution in [0.15, 0.2) is 18.2 Å². The van der Waals surface area contributed by atoms with E-state index in [2.05, 4.69) is 64.8 Å². The third-order valence-corrected chi connectivity index (χ3v) is 3.47. The number of hydrogen-bond donors (Lipinski definition) is 1. The van der Waals surface area contributed by atoms with Crippen LogP contribution < -0.4 is 10.6 Å². The maximum absolute atomic E-state index is 6.22. The largest absolute Gasteiger partial charge is 0.374 e. The van der Waals surface area contributed by atoms with Crippen LogP contribution in [0.25, 0.3) is 0 Å². The molecule has 0 spiro atoms. The summed E-state index contributed by atoms with van der Waals surface area (Å²) in [6.45, 7) is 12.1. The highest BCUT2D eigenvalue weighted by Gasteiger charge is 2.16. The van der Waals surface area contributed by atoms with Crippen molar-refractivity contribution in [3.8, 4) is 0 Å².